The van der Waals surface area contributed by atoms with E-state index in [9.17, 15) is 4.39 Å². The largest absolute Gasteiger partial charge is 0.207 e. The van der Waals surface area contributed by atoms with Crippen LogP contribution in [0.3, 0.4) is 0 Å². The molecule has 112 valence electrons. The molecular weight excluding hydrogens is 329 g/mol. The van der Waals surface area contributed by atoms with Crippen LogP contribution >= 0.6 is 22.7 Å². The van der Waals surface area contributed by atoms with E-state index in [0.29, 0.717) is 23.0 Å². The van der Waals surface area contributed by atoms with E-state index in [0.717, 1.165) is 9.75 Å². The summed E-state index contributed by atoms with van der Waals surface area (Å²) >= 11 is 3.13. The molecule has 0 aliphatic carbocycles. The Labute approximate surface area is 140 Å². The number of hydrogen-bond acceptors (Lipinski definition) is 5. The molecule has 0 unspecified atom stereocenters. The lowest BCUT2D eigenvalue weighted by molar-refractivity contribution is 0.628. The SMILES string of the molecule is Fc1cccc(-c2nc(-c3cccs3)nc(-c3cccs3)n2)c1. The van der Waals surface area contributed by atoms with Crippen LogP contribution in [0.1, 0.15) is 0 Å². The highest BCUT2D eigenvalue weighted by atomic mass is 32.1. The number of halogens is 1. The van der Waals surface area contributed by atoms with Gasteiger partial charge in [-0.3, -0.25) is 0 Å². The van der Waals surface area contributed by atoms with E-state index in [4.69, 9.17) is 0 Å². The van der Waals surface area contributed by atoms with E-state index < -0.39 is 0 Å². The summed E-state index contributed by atoms with van der Waals surface area (Å²) in [7, 11) is 0. The van der Waals surface area contributed by atoms with E-state index in [-0.39, 0.29) is 5.82 Å². The van der Waals surface area contributed by atoms with E-state index in [1.54, 1.807) is 34.8 Å². The first-order chi connectivity index (χ1) is 11.3. The van der Waals surface area contributed by atoms with Crippen molar-refractivity contribution >= 4 is 22.7 Å². The molecule has 0 radical (unpaired) electrons. The summed E-state index contributed by atoms with van der Waals surface area (Å²) in [5, 5.41) is 3.96. The van der Waals surface area contributed by atoms with Crippen molar-refractivity contribution in [2.75, 3.05) is 0 Å². The summed E-state index contributed by atoms with van der Waals surface area (Å²) in [5.74, 6) is 1.39. The van der Waals surface area contributed by atoms with Gasteiger partial charge in [0.2, 0.25) is 0 Å². The van der Waals surface area contributed by atoms with E-state index in [1.165, 1.54) is 12.1 Å². The van der Waals surface area contributed by atoms with Gasteiger partial charge in [0.25, 0.3) is 0 Å². The molecule has 0 amide bonds. The molecule has 0 atom stereocenters. The molecule has 0 N–H and O–H groups in total. The van der Waals surface area contributed by atoms with Gasteiger partial charge in [0.15, 0.2) is 17.5 Å². The Morgan fingerprint density at radius 3 is 1.83 bits per heavy atom. The minimum atomic E-state index is -0.307. The average Bonchev–Trinajstić information content (AvgIpc) is 3.28. The number of hydrogen-bond donors (Lipinski definition) is 0. The topological polar surface area (TPSA) is 38.7 Å². The highest BCUT2D eigenvalue weighted by Gasteiger charge is 2.13. The maximum absolute atomic E-state index is 13.5. The molecule has 0 fully saturated rings. The first-order valence-corrected chi connectivity index (χ1v) is 8.65. The second-order valence-electron chi connectivity index (χ2n) is 4.77. The Morgan fingerprint density at radius 2 is 1.30 bits per heavy atom. The number of thiophene rings is 2. The molecule has 0 bridgehead atoms. The molecule has 0 spiro atoms. The highest BCUT2D eigenvalue weighted by molar-refractivity contribution is 7.13. The molecule has 4 aromatic rings. The third-order valence-electron chi connectivity index (χ3n) is 3.20. The second-order valence-corrected chi connectivity index (χ2v) is 6.67. The Balaban J connectivity index is 1.92. The third-order valence-corrected chi connectivity index (χ3v) is 4.93. The lowest BCUT2D eigenvalue weighted by atomic mass is 10.2. The van der Waals surface area contributed by atoms with Gasteiger partial charge in [-0.2, -0.15) is 0 Å². The molecule has 4 rings (SSSR count). The zero-order chi connectivity index (χ0) is 15.6. The minimum absolute atomic E-state index is 0.307. The van der Waals surface area contributed by atoms with Crippen molar-refractivity contribution in [2.24, 2.45) is 0 Å². The van der Waals surface area contributed by atoms with Gasteiger partial charge in [0.05, 0.1) is 9.75 Å². The van der Waals surface area contributed by atoms with Crippen molar-refractivity contribution in [2.45, 2.75) is 0 Å². The van der Waals surface area contributed by atoms with Crippen molar-refractivity contribution in [1.82, 2.24) is 15.0 Å². The molecule has 3 heterocycles. The monoisotopic (exact) mass is 339 g/mol. The molecule has 0 aliphatic rings. The lowest BCUT2D eigenvalue weighted by Crippen LogP contribution is -1.98. The van der Waals surface area contributed by atoms with Gasteiger partial charge in [0.1, 0.15) is 5.82 Å². The fourth-order valence-corrected chi connectivity index (χ4v) is 3.48. The van der Waals surface area contributed by atoms with Gasteiger partial charge in [-0.15, -0.1) is 22.7 Å². The zero-order valence-corrected chi connectivity index (χ0v) is 13.4. The minimum Gasteiger partial charge on any atom is -0.207 e. The van der Waals surface area contributed by atoms with E-state index in [2.05, 4.69) is 15.0 Å². The maximum atomic E-state index is 13.5. The summed E-state index contributed by atoms with van der Waals surface area (Å²) in [6.07, 6.45) is 0. The maximum Gasteiger partial charge on any atom is 0.174 e. The molecule has 6 heteroatoms. The van der Waals surface area contributed by atoms with Crippen molar-refractivity contribution < 1.29 is 4.39 Å². The fourth-order valence-electron chi connectivity index (χ4n) is 2.16. The quantitative estimate of drug-likeness (QED) is 0.519. The number of benzene rings is 1. The number of rotatable bonds is 3. The average molecular weight is 339 g/mol. The predicted molar refractivity (Wildman–Crippen MR) is 91.8 cm³/mol. The predicted octanol–water partition coefficient (Wildman–Crippen LogP) is 5.13. The first kappa shape index (κ1) is 14.2. The van der Waals surface area contributed by atoms with Crippen molar-refractivity contribution in [1.29, 1.82) is 0 Å². The van der Waals surface area contributed by atoms with Crippen LogP contribution in [0.25, 0.3) is 32.8 Å². The van der Waals surface area contributed by atoms with Gasteiger partial charge in [0, 0.05) is 5.56 Å². The van der Waals surface area contributed by atoms with Gasteiger partial charge >= 0.3 is 0 Å². The molecule has 0 saturated heterocycles. The van der Waals surface area contributed by atoms with Crippen LogP contribution in [0.15, 0.2) is 59.3 Å². The molecule has 0 saturated carbocycles. The lowest BCUT2D eigenvalue weighted by Gasteiger charge is -2.05. The van der Waals surface area contributed by atoms with Crippen LogP contribution in [0.4, 0.5) is 4.39 Å². The number of aromatic nitrogens is 3. The molecular formula is C17H10FN3S2. The molecule has 1 aromatic carbocycles. The summed E-state index contributed by atoms with van der Waals surface area (Å²) in [4.78, 5) is 15.5. The highest BCUT2D eigenvalue weighted by Crippen LogP contribution is 2.28. The fraction of sp³-hybridized carbons (Fsp3) is 0. The molecule has 3 nitrogen and oxygen atoms in total. The van der Waals surface area contributed by atoms with E-state index >= 15 is 0 Å². The normalized spacial score (nSPS) is 10.8. The summed E-state index contributed by atoms with van der Waals surface area (Å²) in [5.41, 5.74) is 0.642. The third kappa shape index (κ3) is 2.91. The van der Waals surface area contributed by atoms with Gasteiger partial charge in [-0.1, -0.05) is 24.3 Å². The summed E-state index contributed by atoms with van der Waals surface area (Å²) in [6, 6.07) is 14.1. The van der Waals surface area contributed by atoms with Crippen LogP contribution in [0.2, 0.25) is 0 Å². The molecule has 0 aliphatic heterocycles. The second kappa shape index (κ2) is 5.98. The zero-order valence-electron chi connectivity index (χ0n) is 11.8. The van der Waals surface area contributed by atoms with Crippen molar-refractivity contribution in [3.05, 3.63) is 65.1 Å². The Morgan fingerprint density at radius 1 is 0.696 bits per heavy atom. The Kier molecular flexibility index (Phi) is 3.69. The van der Waals surface area contributed by atoms with Crippen molar-refractivity contribution in [3.63, 3.8) is 0 Å². The van der Waals surface area contributed by atoms with Crippen LogP contribution < -0.4 is 0 Å². The first-order valence-electron chi connectivity index (χ1n) is 6.89. The smallest absolute Gasteiger partial charge is 0.174 e. The van der Waals surface area contributed by atoms with Gasteiger partial charge in [-0.25, -0.2) is 19.3 Å². The Bertz CT molecular complexity index is 882. The standard InChI is InChI=1S/C17H10FN3S2/c18-12-5-1-4-11(10-12)15-19-16(13-6-2-8-22-13)21-17(20-15)14-7-3-9-23-14/h1-10H. The Hall–Kier alpha value is -2.44. The van der Waals surface area contributed by atoms with Gasteiger partial charge < -0.3 is 0 Å². The van der Waals surface area contributed by atoms with Crippen LogP contribution in [-0.2, 0) is 0 Å². The van der Waals surface area contributed by atoms with Gasteiger partial charge in [-0.05, 0) is 35.0 Å². The summed E-state index contributed by atoms with van der Waals surface area (Å²) in [6.45, 7) is 0. The number of nitrogens with zero attached hydrogens (tertiary/aromatic N) is 3. The molecule has 3 aromatic heterocycles. The van der Waals surface area contributed by atoms with Crippen LogP contribution in [-0.4, -0.2) is 15.0 Å². The van der Waals surface area contributed by atoms with E-state index in [1.807, 2.05) is 35.0 Å². The van der Waals surface area contributed by atoms with Crippen LogP contribution in [0, 0.1) is 5.82 Å². The molecule has 23 heavy (non-hydrogen) atoms. The van der Waals surface area contributed by atoms with Crippen LogP contribution in [0.5, 0.6) is 0 Å². The van der Waals surface area contributed by atoms with Crippen molar-refractivity contribution in [3.8, 4) is 32.8 Å². The summed E-state index contributed by atoms with van der Waals surface area (Å²) < 4.78 is 13.5.